The van der Waals surface area contributed by atoms with Crippen LogP contribution in [0.3, 0.4) is 0 Å². The number of aryl methyl sites for hydroxylation is 3. The van der Waals surface area contributed by atoms with E-state index >= 15 is 0 Å². The van der Waals surface area contributed by atoms with Crippen LogP contribution in [0.2, 0.25) is 0 Å². The van der Waals surface area contributed by atoms with Gasteiger partial charge in [-0.15, -0.1) is 0 Å². The summed E-state index contributed by atoms with van der Waals surface area (Å²) in [7, 11) is 0. The maximum Gasteiger partial charge on any atom is 0.333 e. The third-order valence-corrected chi connectivity index (χ3v) is 7.20. The monoisotopic (exact) mass is 476 g/mol. The minimum absolute atomic E-state index is 0.0130. The van der Waals surface area contributed by atoms with Crippen LogP contribution in [0.4, 0.5) is 0 Å². The molecule has 0 bridgehead atoms. The molecule has 2 heteroatoms. The average molecular weight is 477 g/mol. The van der Waals surface area contributed by atoms with Crippen LogP contribution in [-0.2, 0) is 28.8 Å². The molecule has 192 valence electrons. The molecular formula is C33H48O2. The Kier molecular flexibility index (Phi) is 12.3. The van der Waals surface area contributed by atoms with E-state index < -0.39 is 0 Å². The minimum atomic E-state index is -0.286. The van der Waals surface area contributed by atoms with Crippen molar-refractivity contribution in [1.29, 1.82) is 0 Å². The van der Waals surface area contributed by atoms with Crippen molar-refractivity contribution in [1.82, 2.24) is 0 Å². The van der Waals surface area contributed by atoms with Crippen molar-refractivity contribution >= 4 is 5.97 Å². The zero-order chi connectivity index (χ0) is 25.7. The Morgan fingerprint density at radius 2 is 1.51 bits per heavy atom. The van der Waals surface area contributed by atoms with E-state index in [1.165, 1.54) is 66.3 Å². The quantitative estimate of drug-likeness (QED) is 0.137. The highest BCUT2D eigenvalue weighted by atomic mass is 16.5. The van der Waals surface area contributed by atoms with Gasteiger partial charge in [0, 0.05) is 11.0 Å². The Bertz CT molecular complexity index is 925. The first-order valence-electron chi connectivity index (χ1n) is 13.9. The van der Waals surface area contributed by atoms with Crippen molar-refractivity contribution in [2.24, 2.45) is 5.41 Å². The topological polar surface area (TPSA) is 26.3 Å². The molecule has 2 aromatic carbocycles. The maximum absolute atomic E-state index is 11.9. The van der Waals surface area contributed by atoms with Gasteiger partial charge in [0.05, 0.1) is 6.61 Å². The van der Waals surface area contributed by atoms with Crippen molar-refractivity contribution in [3.63, 3.8) is 0 Å². The number of ether oxygens (including phenoxy) is 1. The second kappa shape index (κ2) is 14.9. The first kappa shape index (κ1) is 28.9. The summed E-state index contributed by atoms with van der Waals surface area (Å²) in [4.78, 5) is 11.9. The normalized spacial score (nSPS) is 12.8. The van der Waals surface area contributed by atoms with Gasteiger partial charge in [-0.3, -0.25) is 0 Å². The molecule has 0 spiro atoms. The zero-order valence-electron chi connectivity index (χ0n) is 23.1. The molecule has 0 aromatic heterocycles. The van der Waals surface area contributed by atoms with Gasteiger partial charge in [0.15, 0.2) is 0 Å². The van der Waals surface area contributed by atoms with Crippen LogP contribution in [0, 0.1) is 5.41 Å². The zero-order valence-corrected chi connectivity index (χ0v) is 23.1. The highest BCUT2D eigenvalue weighted by molar-refractivity contribution is 5.86. The summed E-state index contributed by atoms with van der Waals surface area (Å²) in [6.07, 6.45) is 13.0. The van der Waals surface area contributed by atoms with Gasteiger partial charge in [0.2, 0.25) is 0 Å². The first-order valence-corrected chi connectivity index (χ1v) is 13.9. The molecule has 0 aliphatic rings. The lowest BCUT2D eigenvalue weighted by Gasteiger charge is -2.29. The molecule has 0 saturated carbocycles. The Balaban J connectivity index is 1.99. The smallest absolute Gasteiger partial charge is 0.333 e. The molecule has 0 heterocycles. The van der Waals surface area contributed by atoms with E-state index in [1.807, 2.05) is 0 Å². The first-order chi connectivity index (χ1) is 16.8. The summed E-state index contributed by atoms with van der Waals surface area (Å²) in [5.74, 6) is -0.286. The summed E-state index contributed by atoms with van der Waals surface area (Å²) in [6.45, 7) is 14.8. The number of benzene rings is 2. The van der Waals surface area contributed by atoms with Gasteiger partial charge >= 0.3 is 5.97 Å². The van der Waals surface area contributed by atoms with E-state index in [9.17, 15) is 4.79 Å². The molecule has 0 aliphatic heterocycles. The number of carbonyl (C=O) groups excluding carboxylic acids is 1. The fourth-order valence-corrected chi connectivity index (χ4v) is 4.84. The lowest BCUT2D eigenvalue weighted by molar-refractivity contribution is -0.142. The molecule has 1 atom stereocenters. The van der Waals surface area contributed by atoms with Crippen LogP contribution >= 0.6 is 0 Å². The highest BCUT2D eigenvalue weighted by Crippen LogP contribution is 2.31. The van der Waals surface area contributed by atoms with Gasteiger partial charge in [0.1, 0.15) is 0 Å². The van der Waals surface area contributed by atoms with Gasteiger partial charge < -0.3 is 4.74 Å². The number of unbranched alkanes of at least 4 members (excludes halogenated alkanes) is 4. The number of hydrogen-bond acceptors (Lipinski definition) is 2. The highest BCUT2D eigenvalue weighted by Gasteiger charge is 2.25. The molecule has 1 unspecified atom stereocenters. The summed E-state index contributed by atoms with van der Waals surface area (Å²) < 4.78 is 5.52. The summed E-state index contributed by atoms with van der Waals surface area (Å²) in [5, 5.41) is 0. The van der Waals surface area contributed by atoms with Gasteiger partial charge in [0.25, 0.3) is 0 Å². The lowest BCUT2D eigenvalue weighted by atomic mass is 9.81. The molecule has 2 rings (SSSR count). The second-order valence-electron chi connectivity index (χ2n) is 10.6. The molecule has 0 N–H and O–H groups in total. The Morgan fingerprint density at radius 3 is 2.14 bits per heavy atom. The van der Waals surface area contributed by atoms with Crippen LogP contribution in [0.15, 0.2) is 54.6 Å². The number of carbonyl (C=O) groups is 1. The van der Waals surface area contributed by atoms with Crippen molar-refractivity contribution in [2.45, 2.75) is 105 Å². The SMILES string of the molecule is C=C(C)C(=O)OCC(C)(CCC)CCc1ccc(-c2ccc(CCCCCCC)c(CC)c2)cc1. The van der Waals surface area contributed by atoms with Crippen LogP contribution in [0.25, 0.3) is 11.1 Å². The van der Waals surface area contributed by atoms with Crippen molar-refractivity contribution in [3.8, 4) is 11.1 Å². The molecule has 35 heavy (non-hydrogen) atoms. The van der Waals surface area contributed by atoms with Crippen LogP contribution < -0.4 is 0 Å². The van der Waals surface area contributed by atoms with E-state index in [-0.39, 0.29) is 11.4 Å². The largest absolute Gasteiger partial charge is 0.462 e. The molecule has 0 saturated heterocycles. The fraction of sp³-hybridized carbons (Fsp3) is 0.545. The van der Waals surface area contributed by atoms with Gasteiger partial charge in [-0.2, -0.15) is 0 Å². The molecular weight excluding hydrogens is 428 g/mol. The van der Waals surface area contributed by atoms with Crippen molar-refractivity contribution in [3.05, 3.63) is 71.3 Å². The minimum Gasteiger partial charge on any atom is -0.462 e. The van der Waals surface area contributed by atoms with E-state index in [0.717, 1.165) is 32.1 Å². The summed E-state index contributed by atoms with van der Waals surface area (Å²) in [5.41, 5.74) is 7.39. The molecule has 0 radical (unpaired) electrons. The van der Waals surface area contributed by atoms with Crippen LogP contribution in [0.5, 0.6) is 0 Å². The Morgan fingerprint density at radius 1 is 0.829 bits per heavy atom. The van der Waals surface area contributed by atoms with E-state index in [2.05, 4.69) is 76.7 Å². The predicted molar refractivity (Wildman–Crippen MR) is 151 cm³/mol. The molecule has 0 amide bonds. The maximum atomic E-state index is 11.9. The number of rotatable bonds is 16. The average Bonchev–Trinajstić information content (AvgIpc) is 2.86. The van der Waals surface area contributed by atoms with Crippen molar-refractivity contribution < 1.29 is 9.53 Å². The second-order valence-corrected chi connectivity index (χ2v) is 10.6. The van der Waals surface area contributed by atoms with Gasteiger partial charge in [-0.1, -0.05) is 109 Å². The van der Waals surface area contributed by atoms with E-state index in [1.54, 1.807) is 6.92 Å². The van der Waals surface area contributed by atoms with E-state index in [4.69, 9.17) is 4.74 Å². The summed E-state index contributed by atoms with van der Waals surface area (Å²) in [6, 6.07) is 16.1. The fourth-order valence-electron chi connectivity index (χ4n) is 4.84. The van der Waals surface area contributed by atoms with Crippen molar-refractivity contribution in [2.75, 3.05) is 6.61 Å². The molecule has 2 aromatic rings. The van der Waals surface area contributed by atoms with Gasteiger partial charge in [-0.05, 0) is 73.3 Å². The number of hydrogen-bond donors (Lipinski definition) is 0. The predicted octanol–water partition coefficient (Wildman–Crippen LogP) is 9.29. The lowest BCUT2D eigenvalue weighted by Crippen LogP contribution is -2.26. The molecule has 2 nitrogen and oxygen atoms in total. The summed E-state index contributed by atoms with van der Waals surface area (Å²) >= 11 is 0. The molecule has 0 aliphatic carbocycles. The van der Waals surface area contributed by atoms with Gasteiger partial charge in [-0.25, -0.2) is 4.79 Å². The third-order valence-electron chi connectivity index (χ3n) is 7.20. The van der Waals surface area contributed by atoms with Crippen LogP contribution in [-0.4, -0.2) is 12.6 Å². The van der Waals surface area contributed by atoms with Crippen LogP contribution in [0.1, 0.15) is 103 Å². The number of esters is 1. The Labute approximate surface area is 215 Å². The third kappa shape index (κ3) is 9.67. The molecule has 0 fully saturated rings. The Hall–Kier alpha value is -2.35. The van der Waals surface area contributed by atoms with E-state index in [0.29, 0.717) is 12.2 Å². The standard InChI is InChI=1S/C33H48O2/c1-7-10-11-12-13-14-29-19-20-31(24-28(29)9-3)30-17-15-27(16-18-30)21-23-33(6,22-8-2)25-35-32(34)26(4)5/h15-20,24H,4,7-14,21-23,25H2,1-3,5-6H3.